The van der Waals surface area contributed by atoms with Crippen molar-refractivity contribution in [1.82, 2.24) is 15.2 Å². The van der Waals surface area contributed by atoms with Gasteiger partial charge in [-0.05, 0) is 50.5 Å². The van der Waals surface area contributed by atoms with E-state index in [1.54, 1.807) is 0 Å². The molecule has 0 spiro atoms. The third-order valence-corrected chi connectivity index (χ3v) is 6.81. The number of sulfone groups is 1. The van der Waals surface area contributed by atoms with Gasteiger partial charge in [0.15, 0.2) is 27.1 Å². The zero-order chi connectivity index (χ0) is 27.3. The van der Waals surface area contributed by atoms with Crippen molar-refractivity contribution in [2.75, 3.05) is 11.6 Å². The largest absolute Gasteiger partial charge is 0.435 e. The summed E-state index contributed by atoms with van der Waals surface area (Å²) >= 11 is 0. The summed E-state index contributed by atoms with van der Waals surface area (Å²) in [6.45, 7) is 2.33. The monoisotopic (exact) mass is 540 g/mol. The maximum atomic E-state index is 14.9. The molecule has 1 saturated carbocycles. The van der Waals surface area contributed by atoms with Crippen LogP contribution in [0.2, 0.25) is 0 Å². The van der Waals surface area contributed by atoms with E-state index in [9.17, 15) is 35.9 Å². The molecule has 37 heavy (non-hydrogen) atoms. The summed E-state index contributed by atoms with van der Waals surface area (Å²) < 4.78 is 84.5. The number of carbonyl (C=O) groups is 1. The number of aliphatic hydroxyl groups is 1. The van der Waals surface area contributed by atoms with E-state index in [0.717, 1.165) is 25.3 Å². The second kappa shape index (κ2) is 9.03. The lowest BCUT2D eigenvalue weighted by molar-refractivity contribution is -0.142. The summed E-state index contributed by atoms with van der Waals surface area (Å²) in [6, 6.07) is 6.01. The number of hydrogen-bond donors (Lipinski definition) is 2. The summed E-state index contributed by atoms with van der Waals surface area (Å²) in [6.07, 6.45) is -3.23. The van der Waals surface area contributed by atoms with E-state index in [0.29, 0.717) is 12.8 Å². The quantitative estimate of drug-likeness (QED) is 0.448. The normalized spacial score (nSPS) is 14.8. The van der Waals surface area contributed by atoms with E-state index in [2.05, 4.69) is 20.5 Å². The molecule has 0 radical (unpaired) electrons. The molecule has 0 saturated heterocycles. The minimum atomic E-state index is -4.97. The molecule has 9 nitrogen and oxygen atoms in total. The maximum absolute atomic E-state index is 14.9. The molecule has 1 aromatic carbocycles. The van der Waals surface area contributed by atoms with Crippen molar-refractivity contribution < 1.29 is 40.6 Å². The predicted octanol–water partition coefficient (Wildman–Crippen LogP) is 4.08. The van der Waals surface area contributed by atoms with Gasteiger partial charge < -0.3 is 15.2 Å². The van der Waals surface area contributed by atoms with Gasteiger partial charge in [0.05, 0.1) is 16.3 Å². The Balaban J connectivity index is 1.77. The molecule has 14 heteroatoms. The molecule has 2 aromatic heterocycles. The molecule has 0 aliphatic heterocycles. The van der Waals surface area contributed by atoms with Gasteiger partial charge in [-0.3, -0.25) is 9.78 Å². The standard InChI is InChI=1S/C23H20F4N4O5S/c1-11-17(20(32)29-13-5-4-6-14(9-13)37(3,34)35)21(31-30-19(11)23(25,26)27)36-18-12(2)28-16(10-15(18)24)22(33)7-8-22/h4-6,9-10,33H,7-8H2,1-3H3,(H,29,32). The third kappa shape index (κ3) is 5.39. The number of nitrogens with zero attached hydrogens (tertiary/aromatic N) is 3. The molecule has 3 aromatic rings. The topological polar surface area (TPSA) is 131 Å². The first-order valence-electron chi connectivity index (χ1n) is 10.7. The Morgan fingerprint density at radius 1 is 1.16 bits per heavy atom. The number of aryl methyl sites for hydroxylation is 1. The van der Waals surface area contributed by atoms with Crippen LogP contribution in [0.25, 0.3) is 0 Å². The van der Waals surface area contributed by atoms with E-state index in [1.807, 2.05) is 0 Å². The lowest BCUT2D eigenvalue weighted by Gasteiger charge is -2.17. The lowest BCUT2D eigenvalue weighted by Crippen LogP contribution is -2.21. The van der Waals surface area contributed by atoms with E-state index >= 15 is 0 Å². The van der Waals surface area contributed by atoms with E-state index < -0.39 is 61.8 Å². The molecule has 1 aliphatic rings. The van der Waals surface area contributed by atoms with Crippen molar-refractivity contribution in [3.05, 3.63) is 64.4 Å². The minimum Gasteiger partial charge on any atom is -0.432 e. The average Bonchev–Trinajstić information content (AvgIpc) is 3.53. The van der Waals surface area contributed by atoms with Gasteiger partial charge in [-0.25, -0.2) is 12.8 Å². The zero-order valence-electron chi connectivity index (χ0n) is 19.6. The van der Waals surface area contributed by atoms with Gasteiger partial charge in [-0.1, -0.05) is 6.07 Å². The van der Waals surface area contributed by atoms with Crippen molar-refractivity contribution in [2.24, 2.45) is 0 Å². The number of hydrogen-bond acceptors (Lipinski definition) is 8. The second-order valence-corrected chi connectivity index (χ2v) is 10.7. The fourth-order valence-corrected chi connectivity index (χ4v) is 4.23. The number of alkyl halides is 3. The third-order valence-electron chi connectivity index (χ3n) is 5.70. The van der Waals surface area contributed by atoms with E-state index in [1.165, 1.54) is 25.1 Å². The average molecular weight is 540 g/mol. The van der Waals surface area contributed by atoms with Gasteiger partial charge in [0.1, 0.15) is 11.2 Å². The van der Waals surface area contributed by atoms with Crippen LogP contribution >= 0.6 is 0 Å². The molecule has 1 fully saturated rings. The maximum Gasteiger partial charge on any atom is 0.435 e. The number of aromatic nitrogens is 3. The van der Waals surface area contributed by atoms with Crippen LogP contribution in [-0.2, 0) is 21.6 Å². The summed E-state index contributed by atoms with van der Waals surface area (Å²) in [5.74, 6) is -3.36. The van der Waals surface area contributed by atoms with Crippen LogP contribution in [0.1, 0.15) is 45.8 Å². The fourth-order valence-electron chi connectivity index (χ4n) is 3.56. The van der Waals surface area contributed by atoms with Crippen LogP contribution < -0.4 is 10.1 Å². The Kier molecular flexibility index (Phi) is 6.44. The lowest BCUT2D eigenvalue weighted by atomic mass is 10.1. The van der Waals surface area contributed by atoms with E-state index in [-0.39, 0.29) is 22.0 Å². The van der Waals surface area contributed by atoms with Crippen molar-refractivity contribution in [2.45, 2.75) is 43.4 Å². The Morgan fingerprint density at radius 2 is 1.84 bits per heavy atom. The van der Waals surface area contributed by atoms with Gasteiger partial charge in [-0.2, -0.15) is 13.2 Å². The molecular formula is C23H20F4N4O5S. The van der Waals surface area contributed by atoms with Gasteiger partial charge in [0.25, 0.3) is 11.8 Å². The first kappa shape index (κ1) is 26.4. The highest BCUT2D eigenvalue weighted by atomic mass is 32.2. The number of benzene rings is 1. The second-order valence-electron chi connectivity index (χ2n) is 8.64. The molecule has 1 aliphatic carbocycles. The van der Waals surface area contributed by atoms with Gasteiger partial charge in [0.2, 0.25) is 0 Å². The zero-order valence-corrected chi connectivity index (χ0v) is 20.5. The van der Waals surface area contributed by atoms with Crippen molar-refractivity contribution >= 4 is 21.4 Å². The van der Waals surface area contributed by atoms with Crippen molar-refractivity contribution in [3.63, 3.8) is 0 Å². The molecule has 2 heterocycles. The minimum absolute atomic E-state index is 0.0327. The molecule has 0 atom stereocenters. The molecule has 2 N–H and O–H groups in total. The number of halogens is 4. The summed E-state index contributed by atoms with van der Waals surface area (Å²) in [7, 11) is -3.64. The highest BCUT2D eigenvalue weighted by molar-refractivity contribution is 7.90. The summed E-state index contributed by atoms with van der Waals surface area (Å²) in [5, 5.41) is 19.1. The van der Waals surface area contributed by atoms with Crippen molar-refractivity contribution in [3.8, 4) is 11.6 Å². The predicted molar refractivity (Wildman–Crippen MR) is 121 cm³/mol. The Labute approximate surface area is 208 Å². The van der Waals surface area contributed by atoms with Gasteiger partial charge in [0, 0.05) is 18.0 Å². The fraction of sp³-hybridized carbons (Fsp3) is 0.304. The van der Waals surface area contributed by atoms with Crippen LogP contribution in [-0.4, -0.2) is 40.9 Å². The van der Waals surface area contributed by atoms with Gasteiger partial charge in [-0.15, -0.1) is 10.2 Å². The summed E-state index contributed by atoms with van der Waals surface area (Å²) in [5.41, 5.74) is -4.05. The van der Waals surface area contributed by atoms with Crippen LogP contribution in [0.5, 0.6) is 11.6 Å². The molecule has 4 rings (SSSR count). The number of ether oxygens (including phenoxy) is 1. The van der Waals surface area contributed by atoms with Gasteiger partial charge >= 0.3 is 6.18 Å². The smallest absolute Gasteiger partial charge is 0.432 e. The molecule has 0 unspecified atom stereocenters. The van der Waals surface area contributed by atoms with Crippen molar-refractivity contribution in [1.29, 1.82) is 0 Å². The highest BCUT2D eigenvalue weighted by Crippen LogP contribution is 2.45. The highest BCUT2D eigenvalue weighted by Gasteiger charge is 2.44. The Bertz CT molecular complexity index is 1500. The number of amides is 1. The van der Waals surface area contributed by atoms with Crippen LogP contribution in [0, 0.1) is 19.7 Å². The molecule has 0 bridgehead atoms. The van der Waals surface area contributed by atoms with Crippen LogP contribution in [0.4, 0.5) is 23.2 Å². The number of carbonyl (C=O) groups excluding carboxylic acids is 1. The molecular weight excluding hydrogens is 520 g/mol. The van der Waals surface area contributed by atoms with Crippen LogP contribution in [0.3, 0.4) is 0 Å². The first-order chi connectivity index (χ1) is 17.1. The summed E-state index contributed by atoms with van der Waals surface area (Å²) in [4.78, 5) is 17.1. The number of anilines is 1. The number of rotatable bonds is 6. The Hall–Kier alpha value is -3.65. The number of pyridine rings is 1. The van der Waals surface area contributed by atoms with E-state index in [4.69, 9.17) is 4.74 Å². The molecule has 1 amide bonds. The Morgan fingerprint density at radius 3 is 2.41 bits per heavy atom. The van der Waals surface area contributed by atoms with Crippen LogP contribution in [0.15, 0.2) is 35.2 Å². The number of nitrogens with one attached hydrogen (secondary N) is 1. The first-order valence-corrected chi connectivity index (χ1v) is 12.6. The molecule has 196 valence electrons. The SMILES string of the molecule is Cc1nc(C2(O)CC2)cc(F)c1Oc1nnc(C(F)(F)F)c(C)c1C(=O)Nc1cccc(S(C)(=O)=O)c1.